The number of nitrogens with one attached hydrogen (secondary N) is 1. The second-order valence-corrected chi connectivity index (χ2v) is 5.62. The van der Waals surface area contributed by atoms with Crippen LogP contribution in [0.25, 0.3) is 0 Å². The Morgan fingerprint density at radius 1 is 1.19 bits per heavy atom. The van der Waals surface area contributed by atoms with E-state index in [-0.39, 0.29) is 24.0 Å². The van der Waals surface area contributed by atoms with E-state index in [4.69, 9.17) is 24.4 Å². The van der Waals surface area contributed by atoms with Crippen LogP contribution in [0.1, 0.15) is 17.7 Å². The van der Waals surface area contributed by atoms with Crippen LogP contribution < -0.4 is 20.5 Å². The molecule has 0 saturated heterocycles. The average Bonchev–Trinajstić information content (AvgIpc) is 3.17. The highest BCUT2D eigenvalue weighted by Crippen LogP contribution is 2.27. The minimum absolute atomic E-state index is 0. The highest BCUT2D eigenvalue weighted by atomic mass is 127. The standard InChI is InChI=1S/C19H27N3O4.HI/c1-23-17-7-6-15(13-18(17)24-2)8-10-22-19(20)21-9-4-11-25-14-16-5-3-12-26-16;/h3,5-7,12-13H,4,8-11,14H2,1-2H3,(H3,20,21,22);1H. The van der Waals surface area contributed by atoms with Crippen molar-refractivity contribution in [2.45, 2.75) is 19.4 Å². The van der Waals surface area contributed by atoms with Gasteiger partial charge < -0.3 is 29.7 Å². The number of hydrogen-bond donors (Lipinski definition) is 2. The van der Waals surface area contributed by atoms with Crippen LogP contribution in [-0.4, -0.2) is 39.9 Å². The van der Waals surface area contributed by atoms with Gasteiger partial charge in [0.25, 0.3) is 0 Å². The fourth-order valence-electron chi connectivity index (χ4n) is 2.36. The molecule has 7 nitrogen and oxygen atoms in total. The average molecular weight is 489 g/mol. The summed E-state index contributed by atoms with van der Waals surface area (Å²) >= 11 is 0. The number of ether oxygens (including phenoxy) is 3. The molecule has 2 rings (SSSR count). The van der Waals surface area contributed by atoms with Gasteiger partial charge in [-0.25, -0.2) is 0 Å². The van der Waals surface area contributed by atoms with Gasteiger partial charge in [-0.3, -0.25) is 4.99 Å². The number of nitrogens with zero attached hydrogens (tertiary/aromatic N) is 1. The van der Waals surface area contributed by atoms with E-state index in [0.717, 1.165) is 35.7 Å². The van der Waals surface area contributed by atoms with Crippen molar-refractivity contribution in [1.82, 2.24) is 5.32 Å². The van der Waals surface area contributed by atoms with E-state index in [2.05, 4.69) is 10.3 Å². The lowest BCUT2D eigenvalue weighted by Gasteiger charge is -2.10. The zero-order valence-corrected chi connectivity index (χ0v) is 18.1. The molecule has 0 aliphatic rings. The first-order chi connectivity index (χ1) is 12.7. The molecule has 1 aromatic carbocycles. The topological polar surface area (TPSA) is 91.2 Å². The quantitative estimate of drug-likeness (QED) is 0.218. The van der Waals surface area contributed by atoms with Gasteiger partial charge in [0.15, 0.2) is 17.5 Å². The molecule has 3 N–H and O–H groups in total. The molecule has 0 fully saturated rings. The number of hydrogen-bond acceptors (Lipinski definition) is 5. The van der Waals surface area contributed by atoms with Crippen LogP contribution in [0.4, 0.5) is 0 Å². The third-order valence-electron chi connectivity index (χ3n) is 3.72. The van der Waals surface area contributed by atoms with Crippen molar-refractivity contribution in [3.8, 4) is 11.5 Å². The molecule has 0 radical (unpaired) electrons. The predicted molar refractivity (Wildman–Crippen MR) is 116 cm³/mol. The molecule has 0 aliphatic carbocycles. The minimum atomic E-state index is 0. The number of aliphatic imine (C=N–C) groups is 1. The molecular formula is C19H28IN3O4. The first-order valence-corrected chi connectivity index (χ1v) is 8.57. The van der Waals surface area contributed by atoms with E-state index >= 15 is 0 Å². The van der Waals surface area contributed by atoms with Gasteiger partial charge in [0.05, 0.1) is 20.5 Å². The number of guanidine groups is 1. The number of furan rings is 1. The number of nitrogens with two attached hydrogens (primary N) is 1. The number of methoxy groups -OCH3 is 2. The Hall–Kier alpha value is -1.94. The molecule has 1 heterocycles. The summed E-state index contributed by atoms with van der Waals surface area (Å²) in [6.07, 6.45) is 3.25. The minimum Gasteiger partial charge on any atom is -0.493 e. The monoisotopic (exact) mass is 489 g/mol. The third-order valence-corrected chi connectivity index (χ3v) is 3.72. The second-order valence-electron chi connectivity index (χ2n) is 5.62. The zero-order chi connectivity index (χ0) is 18.6. The Morgan fingerprint density at radius 3 is 2.70 bits per heavy atom. The van der Waals surface area contributed by atoms with Crippen LogP contribution in [0.15, 0.2) is 46.0 Å². The molecule has 0 aliphatic heterocycles. The Morgan fingerprint density at radius 2 is 2.00 bits per heavy atom. The lowest BCUT2D eigenvalue weighted by molar-refractivity contribution is 0.105. The van der Waals surface area contributed by atoms with Crippen molar-refractivity contribution in [2.75, 3.05) is 33.9 Å². The highest BCUT2D eigenvalue weighted by molar-refractivity contribution is 14.0. The van der Waals surface area contributed by atoms with Crippen molar-refractivity contribution in [2.24, 2.45) is 10.7 Å². The highest BCUT2D eigenvalue weighted by Gasteiger charge is 2.04. The first kappa shape index (κ1) is 23.1. The molecule has 27 heavy (non-hydrogen) atoms. The number of halogens is 1. The molecule has 0 spiro atoms. The van der Waals surface area contributed by atoms with E-state index in [1.807, 2.05) is 30.3 Å². The Kier molecular flexibility index (Phi) is 11.3. The van der Waals surface area contributed by atoms with Crippen LogP contribution >= 0.6 is 24.0 Å². The van der Waals surface area contributed by atoms with Gasteiger partial charge in [0.2, 0.25) is 0 Å². The van der Waals surface area contributed by atoms with Gasteiger partial charge in [-0.2, -0.15) is 0 Å². The molecule has 0 bridgehead atoms. The Labute approximate surface area is 177 Å². The van der Waals surface area contributed by atoms with Gasteiger partial charge in [0.1, 0.15) is 12.4 Å². The van der Waals surface area contributed by atoms with Crippen molar-refractivity contribution >= 4 is 29.9 Å². The molecule has 0 saturated carbocycles. The number of benzene rings is 1. The molecule has 0 amide bonds. The van der Waals surface area contributed by atoms with Gasteiger partial charge in [-0.1, -0.05) is 6.07 Å². The lowest BCUT2D eigenvalue weighted by atomic mass is 10.1. The molecule has 0 unspecified atom stereocenters. The second kappa shape index (κ2) is 13.3. The van der Waals surface area contributed by atoms with Crippen LogP contribution in [0, 0.1) is 0 Å². The Bertz CT molecular complexity index is 678. The normalized spacial score (nSPS) is 11.0. The maximum absolute atomic E-state index is 5.87. The summed E-state index contributed by atoms with van der Waals surface area (Å²) in [6.45, 7) is 2.41. The number of rotatable bonds is 11. The van der Waals surface area contributed by atoms with Crippen molar-refractivity contribution in [1.29, 1.82) is 0 Å². The summed E-state index contributed by atoms with van der Waals surface area (Å²) in [5.41, 5.74) is 7.00. The predicted octanol–water partition coefficient (Wildman–Crippen LogP) is 2.97. The fraction of sp³-hybridized carbons (Fsp3) is 0.421. The SMILES string of the molecule is COc1ccc(CCNC(N)=NCCCOCc2ccco2)cc1OC.I. The van der Waals surface area contributed by atoms with Gasteiger partial charge in [-0.05, 0) is 42.7 Å². The molecule has 150 valence electrons. The molecule has 0 atom stereocenters. The third kappa shape index (κ3) is 8.53. The summed E-state index contributed by atoms with van der Waals surface area (Å²) in [7, 11) is 3.25. The zero-order valence-electron chi connectivity index (χ0n) is 15.8. The smallest absolute Gasteiger partial charge is 0.188 e. The molecular weight excluding hydrogens is 461 g/mol. The molecule has 8 heteroatoms. The van der Waals surface area contributed by atoms with E-state index in [1.165, 1.54) is 0 Å². The maximum atomic E-state index is 5.87. The van der Waals surface area contributed by atoms with Gasteiger partial charge in [-0.15, -0.1) is 24.0 Å². The van der Waals surface area contributed by atoms with Crippen molar-refractivity contribution < 1.29 is 18.6 Å². The fourth-order valence-corrected chi connectivity index (χ4v) is 2.36. The van der Waals surface area contributed by atoms with Crippen LogP contribution in [0.5, 0.6) is 11.5 Å². The van der Waals surface area contributed by atoms with E-state index in [9.17, 15) is 0 Å². The van der Waals surface area contributed by atoms with E-state index in [1.54, 1.807) is 20.5 Å². The summed E-state index contributed by atoms with van der Waals surface area (Å²) < 4.78 is 21.2. The van der Waals surface area contributed by atoms with Crippen molar-refractivity contribution in [3.63, 3.8) is 0 Å². The summed E-state index contributed by atoms with van der Waals surface area (Å²) in [5.74, 6) is 2.71. The lowest BCUT2D eigenvalue weighted by Crippen LogP contribution is -2.33. The first-order valence-electron chi connectivity index (χ1n) is 8.57. The largest absolute Gasteiger partial charge is 0.493 e. The molecule has 1 aromatic heterocycles. The van der Waals surface area contributed by atoms with E-state index < -0.39 is 0 Å². The van der Waals surface area contributed by atoms with Gasteiger partial charge >= 0.3 is 0 Å². The summed E-state index contributed by atoms with van der Waals surface area (Å²) in [5, 5.41) is 3.11. The summed E-state index contributed by atoms with van der Waals surface area (Å²) in [6, 6.07) is 9.60. The van der Waals surface area contributed by atoms with Crippen LogP contribution in [0.2, 0.25) is 0 Å². The summed E-state index contributed by atoms with van der Waals surface area (Å²) in [4.78, 5) is 4.29. The van der Waals surface area contributed by atoms with Crippen molar-refractivity contribution in [3.05, 3.63) is 47.9 Å². The van der Waals surface area contributed by atoms with Crippen LogP contribution in [-0.2, 0) is 17.8 Å². The molecule has 2 aromatic rings. The van der Waals surface area contributed by atoms with E-state index in [0.29, 0.717) is 32.3 Å². The van der Waals surface area contributed by atoms with Gasteiger partial charge in [0, 0.05) is 19.7 Å². The Balaban J connectivity index is 0.00000364. The van der Waals surface area contributed by atoms with Crippen LogP contribution in [0.3, 0.4) is 0 Å². The maximum Gasteiger partial charge on any atom is 0.188 e.